The van der Waals surface area contributed by atoms with E-state index in [0.29, 0.717) is 0 Å². The minimum atomic E-state index is 0. The van der Waals surface area contributed by atoms with Gasteiger partial charge in [-0.15, -0.1) is 19.7 Å². The van der Waals surface area contributed by atoms with Crippen molar-refractivity contribution in [1.29, 1.82) is 0 Å². The van der Waals surface area contributed by atoms with Crippen LogP contribution < -0.4 is 0 Å². The fraction of sp³-hybridized carbons (Fsp3) is 0.455. The second-order valence-electron chi connectivity index (χ2n) is 3.22. The van der Waals surface area contributed by atoms with E-state index in [9.17, 15) is 0 Å². The second kappa shape index (κ2) is 119. The van der Waals surface area contributed by atoms with Crippen LogP contribution in [0.3, 0.4) is 0 Å². The lowest BCUT2D eigenvalue weighted by molar-refractivity contribution is 1.64. The van der Waals surface area contributed by atoms with E-state index in [0.717, 1.165) is 0 Å². The van der Waals surface area contributed by atoms with Crippen molar-refractivity contribution in [3.05, 3.63) is 74.4 Å². The van der Waals surface area contributed by atoms with Crippen molar-refractivity contribution in [3.63, 3.8) is 0 Å². The van der Waals surface area contributed by atoms with Gasteiger partial charge in [0.1, 0.15) is 0 Å². The molecule has 0 aromatic carbocycles. The van der Waals surface area contributed by atoms with E-state index in [4.69, 9.17) is 0 Å². The van der Waals surface area contributed by atoms with E-state index < -0.39 is 0 Å². The summed E-state index contributed by atoms with van der Waals surface area (Å²) in [5.41, 5.74) is 0. The molecule has 0 aliphatic rings. The van der Waals surface area contributed by atoms with Crippen molar-refractivity contribution < 1.29 is 0 Å². The maximum absolute atomic E-state index is 3.36. The topological polar surface area (TPSA) is 0 Å². The molecule has 22 heavy (non-hydrogen) atoms. The molecule has 0 unspecified atom stereocenters. The first-order valence-corrected chi connectivity index (χ1v) is 7.42. The quantitative estimate of drug-likeness (QED) is 0.391. The maximum atomic E-state index is 3.36. The molecule has 0 N–H and O–H groups in total. The maximum Gasteiger partial charge on any atom is -0.0470 e. The van der Waals surface area contributed by atoms with Gasteiger partial charge in [0.05, 0.1) is 0 Å². The highest BCUT2D eigenvalue weighted by Gasteiger charge is 1.35. The van der Waals surface area contributed by atoms with Crippen LogP contribution in [0.15, 0.2) is 74.4 Å². The minimum absolute atomic E-state index is 0. The third-order valence-corrected chi connectivity index (χ3v) is 1.00. The van der Waals surface area contributed by atoms with Gasteiger partial charge in [-0.1, -0.05) is 62.1 Å². The predicted molar refractivity (Wildman–Crippen MR) is 116 cm³/mol. The van der Waals surface area contributed by atoms with Crippen molar-refractivity contribution in [2.75, 3.05) is 0 Å². The average molecular weight is 311 g/mol. The molecule has 134 valence electrons. The minimum Gasteiger partial charge on any atom is -0.103 e. The van der Waals surface area contributed by atoms with Gasteiger partial charge >= 0.3 is 0 Å². The van der Waals surface area contributed by atoms with Gasteiger partial charge in [-0.05, 0) is 62.3 Å². The molecule has 0 saturated heterocycles. The van der Waals surface area contributed by atoms with Crippen molar-refractivity contribution in [2.24, 2.45) is 0 Å². The van der Waals surface area contributed by atoms with Crippen molar-refractivity contribution >= 4 is 0 Å². The number of hydrogen-bond donors (Lipinski definition) is 0. The molecule has 0 fully saturated rings. The van der Waals surface area contributed by atoms with Gasteiger partial charge in [-0.2, -0.15) is 0 Å². The van der Waals surface area contributed by atoms with Crippen LogP contribution >= 0.6 is 0 Å². The lowest BCUT2D eigenvalue weighted by Crippen LogP contribution is -1.26. The Hall–Kier alpha value is -1.56. The first kappa shape index (κ1) is 42.8. The van der Waals surface area contributed by atoms with E-state index in [2.05, 4.69) is 19.7 Å². The Morgan fingerprint density at radius 2 is 0.409 bits per heavy atom. The van der Waals surface area contributed by atoms with Crippen molar-refractivity contribution in [3.8, 4) is 0 Å². The Labute approximate surface area is 144 Å². The molecule has 0 aliphatic carbocycles. The van der Waals surface area contributed by atoms with Crippen LogP contribution in [0.2, 0.25) is 0 Å². The molecule has 0 rings (SSSR count). The molecule has 0 aliphatic heterocycles. The standard InChI is InChI=1S/3C4H8.3C3H6.CH4/c3*1-3-4-2;3*1-3-2;/h3*3-4H,1-2H3;3*3H,1H2,2H3;1H4. The zero-order chi connectivity index (χ0) is 18.4. The van der Waals surface area contributed by atoms with Gasteiger partial charge in [0.2, 0.25) is 0 Å². The van der Waals surface area contributed by atoms with Crippen LogP contribution in [0.5, 0.6) is 0 Å². The number of allylic oxidation sites excluding steroid dienone is 9. The highest BCUT2D eigenvalue weighted by Crippen LogP contribution is 1.58. The largest absolute Gasteiger partial charge is 0.103 e. The molecule has 0 amide bonds. The molecule has 0 atom stereocenters. The number of hydrogen-bond acceptors (Lipinski definition) is 0. The summed E-state index contributed by atoms with van der Waals surface area (Å²) in [5, 5.41) is 0. The van der Waals surface area contributed by atoms with E-state index in [1.54, 1.807) is 18.2 Å². The molecular weight excluding hydrogens is 264 g/mol. The lowest BCUT2D eigenvalue weighted by Gasteiger charge is -1.49. The van der Waals surface area contributed by atoms with E-state index in [1.807, 2.05) is 98.8 Å². The zero-order valence-corrected chi connectivity index (χ0v) is 16.3. The van der Waals surface area contributed by atoms with Gasteiger partial charge in [-0.3, -0.25) is 0 Å². The summed E-state index contributed by atoms with van der Waals surface area (Å²) in [6, 6.07) is 0. The van der Waals surface area contributed by atoms with Crippen LogP contribution in [0.25, 0.3) is 0 Å². The summed E-state index contributed by atoms with van der Waals surface area (Å²) < 4.78 is 0. The Kier molecular flexibility index (Phi) is 232. The van der Waals surface area contributed by atoms with E-state index in [-0.39, 0.29) is 7.43 Å². The van der Waals surface area contributed by atoms with Crippen LogP contribution in [0.4, 0.5) is 0 Å². The summed E-state index contributed by atoms with van der Waals surface area (Å²) in [4.78, 5) is 0. The molecule has 0 aromatic rings. The zero-order valence-electron chi connectivity index (χ0n) is 16.3. The smallest absolute Gasteiger partial charge is 0.0470 e. The highest BCUT2D eigenvalue weighted by atomic mass is 13.4. The first-order chi connectivity index (χ1) is 9.99. The fourth-order valence-corrected chi connectivity index (χ4v) is 0. The SMILES string of the molecule is C.C=CC.C=CC.C=CC.CC=CC.CC=CC.CC=CC. The average Bonchev–Trinajstić information content (AvgIpc) is 2.50. The Bertz CT molecular complexity index is 152. The van der Waals surface area contributed by atoms with Crippen LogP contribution in [-0.4, -0.2) is 0 Å². The van der Waals surface area contributed by atoms with Gasteiger partial charge in [-0.25, -0.2) is 0 Å². The van der Waals surface area contributed by atoms with Crippen molar-refractivity contribution in [2.45, 2.75) is 69.7 Å². The molecular formula is C22H46. The van der Waals surface area contributed by atoms with Gasteiger partial charge < -0.3 is 0 Å². The number of rotatable bonds is 0. The Morgan fingerprint density at radius 3 is 0.409 bits per heavy atom. The van der Waals surface area contributed by atoms with E-state index >= 15 is 0 Å². The molecule has 0 nitrogen and oxygen atoms in total. The van der Waals surface area contributed by atoms with Crippen LogP contribution in [0.1, 0.15) is 69.7 Å². The van der Waals surface area contributed by atoms with Gasteiger partial charge in [0.15, 0.2) is 0 Å². The molecule has 0 radical (unpaired) electrons. The van der Waals surface area contributed by atoms with Crippen LogP contribution in [0, 0.1) is 0 Å². The molecule has 0 spiro atoms. The van der Waals surface area contributed by atoms with Gasteiger partial charge in [0.25, 0.3) is 0 Å². The fourth-order valence-electron chi connectivity index (χ4n) is 0. The third kappa shape index (κ3) is 2700. The lowest BCUT2D eigenvalue weighted by atomic mass is 10.6. The normalized spacial score (nSPS) is 6.95. The van der Waals surface area contributed by atoms with Crippen LogP contribution in [-0.2, 0) is 0 Å². The molecule has 0 bridgehead atoms. The van der Waals surface area contributed by atoms with Crippen molar-refractivity contribution in [1.82, 2.24) is 0 Å². The predicted octanol–water partition coefficient (Wildman–Crippen LogP) is 8.96. The Balaban J connectivity index is -0.0000000245. The third-order valence-electron chi connectivity index (χ3n) is 1.00. The molecule has 0 saturated carbocycles. The summed E-state index contributed by atoms with van der Waals surface area (Å²) in [6.07, 6.45) is 17.2. The highest BCUT2D eigenvalue weighted by molar-refractivity contribution is 4.69. The monoisotopic (exact) mass is 310 g/mol. The molecule has 0 heteroatoms. The summed E-state index contributed by atoms with van der Waals surface area (Å²) in [6.45, 7) is 27.8. The first-order valence-electron chi connectivity index (χ1n) is 7.42. The van der Waals surface area contributed by atoms with Gasteiger partial charge in [0, 0.05) is 0 Å². The second-order valence-corrected chi connectivity index (χ2v) is 3.22. The molecule has 0 heterocycles. The summed E-state index contributed by atoms with van der Waals surface area (Å²) in [7, 11) is 0. The summed E-state index contributed by atoms with van der Waals surface area (Å²) in [5.74, 6) is 0. The summed E-state index contributed by atoms with van der Waals surface area (Å²) >= 11 is 0. The molecule has 0 aromatic heterocycles. The Morgan fingerprint density at radius 1 is 0.364 bits per heavy atom. The van der Waals surface area contributed by atoms with E-state index in [1.165, 1.54) is 0 Å².